The van der Waals surface area contributed by atoms with E-state index in [4.69, 9.17) is 0 Å². The molecule has 7 heteroatoms. The number of aromatic amines is 3. The first kappa shape index (κ1) is 12.4. The zero-order chi connectivity index (χ0) is 15.1. The number of rotatable bonds is 2. The third-order valence-corrected chi connectivity index (χ3v) is 3.50. The van der Waals surface area contributed by atoms with Crippen molar-refractivity contribution < 1.29 is 4.79 Å². The summed E-state index contributed by atoms with van der Waals surface area (Å²) in [6.07, 6.45) is 1.71. The lowest BCUT2D eigenvalue weighted by molar-refractivity contribution is 0.102. The number of H-pyrrole nitrogens is 3. The van der Waals surface area contributed by atoms with Gasteiger partial charge in [0.1, 0.15) is 0 Å². The summed E-state index contributed by atoms with van der Waals surface area (Å²) >= 11 is 0. The van der Waals surface area contributed by atoms with E-state index in [1.165, 1.54) is 0 Å². The van der Waals surface area contributed by atoms with E-state index < -0.39 is 0 Å². The molecule has 0 aliphatic carbocycles. The van der Waals surface area contributed by atoms with E-state index in [1.807, 2.05) is 6.07 Å². The Morgan fingerprint density at radius 3 is 2.91 bits per heavy atom. The van der Waals surface area contributed by atoms with E-state index in [-0.39, 0.29) is 11.6 Å². The second kappa shape index (κ2) is 4.59. The van der Waals surface area contributed by atoms with E-state index in [9.17, 15) is 9.59 Å². The molecule has 0 spiro atoms. The molecule has 2 heterocycles. The molecule has 0 saturated carbocycles. The van der Waals surface area contributed by atoms with Gasteiger partial charge in [0.25, 0.3) is 5.91 Å². The van der Waals surface area contributed by atoms with Crippen molar-refractivity contribution in [3.63, 3.8) is 0 Å². The highest BCUT2D eigenvalue weighted by atomic mass is 16.2. The number of benzene rings is 2. The van der Waals surface area contributed by atoms with Crippen molar-refractivity contribution in [1.29, 1.82) is 0 Å². The van der Waals surface area contributed by atoms with E-state index in [1.54, 1.807) is 36.5 Å². The van der Waals surface area contributed by atoms with Crippen LogP contribution >= 0.6 is 0 Å². The number of imidazole rings is 1. The molecule has 0 atom stereocenters. The molecule has 108 valence electrons. The first-order chi connectivity index (χ1) is 10.7. The monoisotopic (exact) mass is 293 g/mol. The topological polar surface area (TPSA) is 106 Å². The van der Waals surface area contributed by atoms with Crippen molar-refractivity contribution in [2.24, 2.45) is 0 Å². The Morgan fingerprint density at radius 1 is 1.09 bits per heavy atom. The van der Waals surface area contributed by atoms with Crippen LogP contribution in [0.25, 0.3) is 21.9 Å². The van der Waals surface area contributed by atoms with Crippen LogP contribution in [0.15, 0.2) is 47.4 Å². The van der Waals surface area contributed by atoms with Gasteiger partial charge in [-0.2, -0.15) is 5.10 Å². The fraction of sp³-hybridized carbons (Fsp3) is 0. The van der Waals surface area contributed by atoms with Gasteiger partial charge in [0, 0.05) is 11.1 Å². The minimum atomic E-state index is -0.339. The number of hydrogen-bond acceptors (Lipinski definition) is 3. The van der Waals surface area contributed by atoms with Crippen LogP contribution in [0.2, 0.25) is 0 Å². The van der Waals surface area contributed by atoms with E-state index in [2.05, 4.69) is 25.5 Å². The highest BCUT2D eigenvalue weighted by molar-refractivity contribution is 6.11. The van der Waals surface area contributed by atoms with Crippen LogP contribution in [-0.2, 0) is 0 Å². The normalized spacial score (nSPS) is 11.1. The van der Waals surface area contributed by atoms with E-state index in [0.29, 0.717) is 22.3 Å². The smallest absolute Gasteiger partial charge is 0.322 e. The summed E-state index contributed by atoms with van der Waals surface area (Å²) in [6, 6.07) is 10.6. The minimum Gasteiger partial charge on any atom is -0.322 e. The molecule has 0 bridgehead atoms. The summed E-state index contributed by atoms with van der Waals surface area (Å²) in [6.45, 7) is 0. The van der Waals surface area contributed by atoms with Crippen LogP contribution in [0.5, 0.6) is 0 Å². The average molecular weight is 293 g/mol. The third-order valence-electron chi connectivity index (χ3n) is 3.50. The van der Waals surface area contributed by atoms with Gasteiger partial charge in [-0.3, -0.25) is 9.89 Å². The van der Waals surface area contributed by atoms with E-state index >= 15 is 0 Å². The number of amides is 1. The van der Waals surface area contributed by atoms with Crippen molar-refractivity contribution in [3.05, 3.63) is 58.6 Å². The molecule has 2 aromatic heterocycles. The SMILES string of the molecule is O=C(Nc1ccc2cn[nH]c2c1)c1cccc2[nH]c(=O)[nH]c12. The van der Waals surface area contributed by atoms with Gasteiger partial charge in [-0.05, 0) is 30.3 Å². The second-order valence-corrected chi connectivity index (χ2v) is 4.93. The number of anilines is 1. The second-order valence-electron chi connectivity index (χ2n) is 4.93. The number of hydrogen-bond donors (Lipinski definition) is 4. The van der Waals surface area contributed by atoms with Crippen molar-refractivity contribution in [1.82, 2.24) is 20.2 Å². The number of fused-ring (bicyclic) bond motifs is 2. The fourth-order valence-corrected chi connectivity index (χ4v) is 2.46. The van der Waals surface area contributed by atoms with Crippen molar-refractivity contribution in [3.8, 4) is 0 Å². The maximum absolute atomic E-state index is 12.4. The number of carbonyl (C=O) groups is 1. The third kappa shape index (κ3) is 1.96. The molecule has 0 unspecified atom stereocenters. The Hall–Kier alpha value is -3.35. The highest BCUT2D eigenvalue weighted by Gasteiger charge is 2.12. The summed E-state index contributed by atoms with van der Waals surface area (Å²) in [5.41, 5.74) is 2.65. The van der Waals surface area contributed by atoms with E-state index in [0.717, 1.165) is 10.9 Å². The predicted molar refractivity (Wildman–Crippen MR) is 83.0 cm³/mol. The maximum atomic E-state index is 12.4. The van der Waals surface area contributed by atoms with Crippen LogP contribution in [0.3, 0.4) is 0 Å². The van der Waals surface area contributed by atoms with Gasteiger partial charge in [-0.15, -0.1) is 0 Å². The van der Waals surface area contributed by atoms with Crippen LogP contribution < -0.4 is 11.0 Å². The fourth-order valence-electron chi connectivity index (χ4n) is 2.46. The zero-order valence-electron chi connectivity index (χ0n) is 11.3. The Balaban J connectivity index is 1.72. The molecule has 0 radical (unpaired) electrons. The zero-order valence-corrected chi connectivity index (χ0v) is 11.3. The highest BCUT2D eigenvalue weighted by Crippen LogP contribution is 2.19. The first-order valence-electron chi connectivity index (χ1n) is 6.66. The van der Waals surface area contributed by atoms with Crippen LogP contribution in [0.1, 0.15) is 10.4 Å². The minimum absolute atomic E-state index is 0.292. The number of aromatic nitrogens is 4. The molecule has 4 rings (SSSR count). The lowest BCUT2D eigenvalue weighted by atomic mass is 10.1. The molecule has 2 aromatic carbocycles. The van der Waals surface area contributed by atoms with Crippen molar-refractivity contribution in [2.75, 3.05) is 5.32 Å². The molecule has 7 nitrogen and oxygen atoms in total. The standard InChI is InChI=1S/C15H11N5O2/c21-14(10-2-1-3-11-13(10)19-15(22)18-11)17-9-5-4-8-7-16-20-12(8)6-9/h1-7H,(H,16,20)(H,17,21)(H2,18,19,22). The maximum Gasteiger partial charge on any atom is 0.323 e. The number of para-hydroxylation sites is 1. The molecule has 4 N–H and O–H groups in total. The van der Waals surface area contributed by atoms with Gasteiger partial charge < -0.3 is 15.3 Å². The van der Waals surface area contributed by atoms with Gasteiger partial charge in [-0.25, -0.2) is 4.79 Å². The Morgan fingerprint density at radius 2 is 2.00 bits per heavy atom. The van der Waals surface area contributed by atoms with Gasteiger partial charge in [0.2, 0.25) is 0 Å². The summed E-state index contributed by atoms with van der Waals surface area (Å²) in [7, 11) is 0. The predicted octanol–water partition coefficient (Wildman–Crippen LogP) is 1.98. The molecule has 22 heavy (non-hydrogen) atoms. The van der Waals surface area contributed by atoms with Crippen LogP contribution in [-0.4, -0.2) is 26.1 Å². The Bertz CT molecular complexity index is 1060. The lowest BCUT2D eigenvalue weighted by Crippen LogP contribution is -2.12. The number of carbonyl (C=O) groups excluding carboxylic acids is 1. The molecular formula is C15H11N5O2. The summed E-state index contributed by atoms with van der Waals surface area (Å²) in [5.74, 6) is -0.292. The van der Waals surface area contributed by atoms with Gasteiger partial charge >= 0.3 is 5.69 Å². The van der Waals surface area contributed by atoms with Crippen LogP contribution in [0, 0.1) is 0 Å². The summed E-state index contributed by atoms with van der Waals surface area (Å²) in [5, 5.41) is 10.6. The van der Waals surface area contributed by atoms with Crippen LogP contribution in [0.4, 0.5) is 5.69 Å². The quantitative estimate of drug-likeness (QED) is 0.454. The summed E-state index contributed by atoms with van der Waals surface area (Å²) < 4.78 is 0. The number of nitrogens with zero attached hydrogens (tertiary/aromatic N) is 1. The molecule has 0 saturated heterocycles. The first-order valence-corrected chi connectivity index (χ1v) is 6.66. The number of nitrogens with one attached hydrogen (secondary N) is 4. The van der Waals surface area contributed by atoms with Gasteiger partial charge in [-0.1, -0.05) is 6.07 Å². The molecule has 0 fully saturated rings. The van der Waals surface area contributed by atoms with Crippen molar-refractivity contribution >= 4 is 33.5 Å². The van der Waals surface area contributed by atoms with Gasteiger partial charge in [0.15, 0.2) is 0 Å². The molecular weight excluding hydrogens is 282 g/mol. The average Bonchev–Trinajstić information content (AvgIpc) is 3.10. The Kier molecular flexibility index (Phi) is 2.59. The van der Waals surface area contributed by atoms with Gasteiger partial charge in [0.05, 0.1) is 28.3 Å². The molecule has 4 aromatic rings. The molecule has 1 amide bonds. The lowest BCUT2D eigenvalue weighted by Gasteiger charge is -2.06. The Labute approximate surface area is 123 Å². The molecule has 0 aliphatic heterocycles. The summed E-state index contributed by atoms with van der Waals surface area (Å²) in [4.78, 5) is 29.1. The largest absolute Gasteiger partial charge is 0.323 e. The van der Waals surface area contributed by atoms with Crippen molar-refractivity contribution in [2.45, 2.75) is 0 Å². The molecule has 0 aliphatic rings.